The lowest BCUT2D eigenvalue weighted by molar-refractivity contribution is -0.385. The molecule has 0 spiro atoms. The fourth-order valence-corrected chi connectivity index (χ4v) is 4.31. The van der Waals surface area contributed by atoms with E-state index in [9.17, 15) is 23.3 Å². The molecule has 0 N–H and O–H groups in total. The topological polar surface area (TPSA) is 101 Å². The number of carbonyl (C=O) groups is 1. The summed E-state index contributed by atoms with van der Waals surface area (Å²) in [6, 6.07) is 12.9. The van der Waals surface area contributed by atoms with Gasteiger partial charge in [-0.15, -0.1) is 0 Å². The highest BCUT2D eigenvalue weighted by Crippen LogP contribution is 2.25. The predicted molar refractivity (Wildman–Crippen MR) is 110 cm³/mol. The van der Waals surface area contributed by atoms with E-state index in [1.54, 1.807) is 12.1 Å². The molecule has 0 aromatic heterocycles. The first-order chi connectivity index (χ1) is 13.8. The zero-order valence-electron chi connectivity index (χ0n) is 15.3. The van der Waals surface area contributed by atoms with Crippen LogP contribution in [-0.2, 0) is 10.0 Å². The molecule has 8 nitrogen and oxygen atoms in total. The molecule has 0 atom stereocenters. The van der Waals surface area contributed by atoms with Gasteiger partial charge in [-0.2, -0.15) is 4.31 Å². The summed E-state index contributed by atoms with van der Waals surface area (Å²) in [6.45, 7) is 0.483. The Morgan fingerprint density at radius 3 is 2.34 bits per heavy atom. The maximum atomic E-state index is 12.7. The van der Waals surface area contributed by atoms with E-state index in [4.69, 9.17) is 11.6 Å². The number of amides is 1. The number of nitro groups is 1. The van der Waals surface area contributed by atoms with Crippen LogP contribution < -0.4 is 0 Å². The third-order valence-electron chi connectivity index (χ3n) is 4.50. The number of nitro benzene ring substituents is 1. The molecule has 0 aliphatic carbocycles. The molecule has 1 aliphatic rings. The van der Waals surface area contributed by atoms with Crippen molar-refractivity contribution in [1.82, 2.24) is 9.21 Å². The minimum Gasteiger partial charge on any atom is -0.336 e. The van der Waals surface area contributed by atoms with Gasteiger partial charge in [0.25, 0.3) is 11.6 Å². The van der Waals surface area contributed by atoms with Crippen molar-refractivity contribution in [3.8, 4) is 0 Å². The van der Waals surface area contributed by atoms with Crippen LogP contribution in [0.15, 0.2) is 53.9 Å². The highest BCUT2D eigenvalue weighted by atomic mass is 35.5. The second kappa shape index (κ2) is 8.73. The van der Waals surface area contributed by atoms with Crippen LogP contribution >= 0.6 is 11.6 Å². The van der Waals surface area contributed by atoms with Crippen LogP contribution in [0, 0.1) is 10.1 Å². The Bertz CT molecular complexity index is 1050. The number of hydrogen-bond donors (Lipinski definition) is 0. The van der Waals surface area contributed by atoms with Gasteiger partial charge in [-0.1, -0.05) is 41.9 Å². The molecule has 1 heterocycles. The Hall–Kier alpha value is -2.75. The Balaban J connectivity index is 1.68. The molecular formula is C19H18ClN3O5S. The summed E-state index contributed by atoms with van der Waals surface area (Å²) in [5.74, 6) is -0.523. The first-order valence-electron chi connectivity index (χ1n) is 8.74. The summed E-state index contributed by atoms with van der Waals surface area (Å²) >= 11 is 5.79. The lowest BCUT2D eigenvalue weighted by Gasteiger charge is -2.33. The Labute approximate surface area is 173 Å². The number of rotatable bonds is 5. The Morgan fingerprint density at radius 2 is 1.72 bits per heavy atom. The first kappa shape index (κ1) is 21.0. The maximum Gasteiger partial charge on any atom is 0.283 e. The number of piperazine rings is 1. The fourth-order valence-electron chi connectivity index (χ4n) is 2.97. The average molecular weight is 436 g/mol. The van der Waals surface area contributed by atoms with E-state index in [2.05, 4.69) is 0 Å². The van der Waals surface area contributed by atoms with Gasteiger partial charge >= 0.3 is 0 Å². The smallest absolute Gasteiger partial charge is 0.283 e. The molecule has 152 valence electrons. The second-order valence-electron chi connectivity index (χ2n) is 6.37. The lowest BCUT2D eigenvalue weighted by Crippen LogP contribution is -2.50. The van der Waals surface area contributed by atoms with E-state index < -0.39 is 20.9 Å². The molecule has 1 saturated heterocycles. The zero-order chi connectivity index (χ0) is 21.0. The van der Waals surface area contributed by atoms with Gasteiger partial charge in [0.05, 0.1) is 4.92 Å². The molecule has 0 unspecified atom stereocenters. The number of sulfonamides is 1. The van der Waals surface area contributed by atoms with Crippen molar-refractivity contribution in [3.05, 3.63) is 80.2 Å². The minimum atomic E-state index is -3.63. The van der Waals surface area contributed by atoms with E-state index in [1.165, 1.54) is 27.4 Å². The maximum absolute atomic E-state index is 12.7. The summed E-state index contributed by atoms with van der Waals surface area (Å²) < 4.78 is 26.3. The van der Waals surface area contributed by atoms with Crippen LogP contribution in [0.4, 0.5) is 5.69 Å². The standard InChI is InChI=1S/C19H18ClN3O5S/c20-16-6-7-17(18(14-16)23(25)26)19(24)21-9-11-22(12-10-21)29(27,28)13-8-15-4-2-1-3-5-15/h1-8,13-14H,9-12H2/b13-8+. The van der Waals surface area contributed by atoms with Gasteiger partial charge in [0, 0.05) is 42.7 Å². The van der Waals surface area contributed by atoms with E-state index in [0.717, 1.165) is 17.0 Å². The highest BCUT2D eigenvalue weighted by Gasteiger charge is 2.30. The molecule has 1 amide bonds. The van der Waals surface area contributed by atoms with Gasteiger partial charge in [0.2, 0.25) is 10.0 Å². The summed E-state index contributed by atoms with van der Waals surface area (Å²) in [7, 11) is -3.63. The van der Waals surface area contributed by atoms with E-state index >= 15 is 0 Å². The Morgan fingerprint density at radius 1 is 1.07 bits per heavy atom. The van der Waals surface area contributed by atoms with Crippen molar-refractivity contribution in [3.63, 3.8) is 0 Å². The van der Waals surface area contributed by atoms with Gasteiger partial charge in [0.1, 0.15) is 5.56 Å². The van der Waals surface area contributed by atoms with Crippen LogP contribution in [0.25, 0.3) is 6.08 Å². The van der Waals surface area contributed by atoms with Crippen molar-refractivity contribution in [1.29, 1.82) is 0 Å². The quantitative estimate of drug-likeness (QED) is 0.530. The summed E-state index contributed by atoms with van der Waals surface area (Å²) in [4.78, 5) is 24.7. The number of nitrogens with zero attached hydrogens (tertiary/aromatic N) is 3. The SMILES string of the molecule is O=C(c1ccc(Cl)cc1[N+](=O)[O-])N1CCN(S(=O)(=O)/C=C/c2ccccc2)CC1. The van der Waals surface area contributed by atoms with Gasteiger partial charge in [-0.05, 0) is 23.8 Å². The molecule has 0 radical (unpaired) electrons. The van der Waals surface area contributed by atoms with Crippen LogP contribution in [0.3, 0.4) is 0 Å². The fraction of sp³-hybridized carbons (Fsp3) is 0.211. The van der Waals surface area contributed by atoms with Crippen molar-refractivity contribution in [2.45, 2.75) is 0 Å². The molecule has 1 fully saturated rings. The van der Waals surface area contributed by atoms with Gasteiger partial charge in [0.15, 0.2) is 0 Å². The van der Waals surface area contributed by atoms with E-state index in [1.807, 2.05) is 18.2 Å². The van der Waals surface area contributed by atoms with Crippen LogP contribution in [-0.4, -0.2) is 54.6 Å². The predicted octanol–water partition coefficient (Wildman–Crippen LogP) is 3.01. The molecule has 29 heavy (non-hydrogen) atoms. The lowest BCUT2D eigenvalue weighted by atomic mass is 10.1. The summed E-state index contributed by atoms with van der Waals surface area (Å²) in [6.07, 6.45) is 1.52. The molecule has 3 rings (SSSR count). The van der Waals surface area contributed by atoms with E-state index in [0.29, 0.717) is 0 Å². The average Bonchev–Trinajstić information content (AvgIpc) is 2.72. The van der Waals surface area contributed by atoms with Crippen molar-refractivity contribution in [2.75, 3.05) is 26.2 Å². The number of benzene rings is 2. The van der Waals surface area contributed by atoms with Gasteiger partial charge < -0.3 is 4.90 Å². The van der Waals surface area contributed by atoms with Crippen molar-refractivity contribution >= 4 is 39.3 Å². The molecule has 2 aromatic carbocycles. The first-order valence-corrected chi connectivity index (χ1v) is 10.6. The number of carbonyl (C=O) groups excluding carboxylic acids is 1. The molecule has 10 heteroatoms. The normalized spacial score (nSPS) is 15.6. The molecule has 0 bridgehead atoms. The highest BCUT2D eigenvalue weighted by molar-refractivity contribution is 7.92. The molecule has 2 aromatic rings. The Kier molecular flexibility index (Phi) is 6.31. The summed E-state index contributed by atoms with van der Waals surface area (Å²) in [5.41, 5.74) is 0.322. The molecule has 1 aliphatic heterocycles. The molecule has 0 saturated carbocycles. The van der Waals surface area contributed by atoms with Gasteiger partial charge in [-0.3, -0.25) is 14.9 Å². The summed E-state index contributed by atoms with van der Waals surface area (Å²) in [5, 5.41) is 12.5. The van der Waals surface area contributed by atoms with E-state index in [-0.39, 0.29) is 42.5 Å². The zero-order valence-corrected chi connectivity index (χ0v) is 16.8. The second-order valence-corrected chi connectivity index (χ2v) is 8.62. The van der Waals surface area contributed by atoms with Crippen LogP contribution in [0.5, 0.6) is 0 Å². The molecular weight excluding hydrogens is 418 g/mol. The van der Waals surface area contributed by atoms with Gasteiger partial charge in [-0.25, -0.2) is 8.42 Å². The minimum absolute atomic E-state index is 0.0697. The number of hydrogen-bond acceptors (Lipinski definition) is 5. The van der Waals surface area contributed by atoms with Crippen LogP contribution in [0.1, 0.15) is 15.9 Å². The third kappa shape index (κ3) is 5.00. The van der Waals surface area contributed by atoms with Crippen molar-refractivity contribution < 1.29 is 18.1 Å². The number of halogens is 1. The third-order valence-corrected chi connectivity index (χ3v) is 6.30. The monoisotopic (exact) mass is 435 g/mol. The largest absolute Gasteiger partial charge is 0.336 e. The van der Waals surface area contributed by atoms with Crippen molar-refractivity contribution in [2.24, 2.45) is 0 Å². The van der Waals surface area contributed by atoms with Crippen LogP contribution in [0.2, 0.25) is 5.02 Å².